The van der Waals surface area contributed by atoms with E-state index >= 15 is 0 Å². The summed E-state index contributed by atoms with van der Waals surface area (Å²) in [4.78, 5) is 20.4. The molecule has 0 saturated carbocycles. The zero-order valence-corrected chi connectivity index (χ0v) is 13.4. The molecule has 9 heteroatoms. The summed E-state index contributed by atoms with van der Waals surface area (Å²) in [7, 11) is 1.55. The number of hydrogen-bond donors (Lipinski definition) is 3. The first kappa shape index (κ1) is 16.9. The number of ether oxygens (including phenoxy) is 1. The second kappa shape index (κ2) is 7.68. The van der Waals surface area contributed by atoms with Crippen LogP contribution in [0.15, 0.2) is 53.2 Å². The van der Waals surface area contributed by atoms with Crippen LogP contribution in [-0.4, -0.2) is 33.7 Å². The van der Waals surface area contributed by atoms with Crippen molar-refractivity contribution in [3.63, 3.8) is 0 Å². The SMILES string of the molecule is C=C(N)N=C(C)N=C(N)c1cncnc1Nc1ccc(OC)nc1. The Morgan fingerprint density at radius 2 is 2.00 bits per heavy atom. The van der Waals surface area contributed by atoms with Gasteiger partial charge in [0.15, 0.2) is 0 Å². The summed E-state index contributed by atoms with van der Waals surface area (Å²) in [5.41, 5.74) is 12.7. The largest absolute Gasteiger partial charge is 0.481 e. The zero-order valence-electron chi connectivity index (χ0n) is 13.4. The van der Waals surface area contributed by atoms with E-state index in [9.17, 15) is 0 Å². The molecule has 124 valence electrons. The van der Waals surface area contributed by atoms with Crippen LogP contribution in [0.2, 0.25) is 0 Å². The highest BCUT2D eigenvalue weighted by Crippen LogP contribution is 2.18. The molecule has 2 rings (SSSR count). The molecule has 0 amide bonds. The van der Waals surface area contributed by atoms with E-state index in [0.717, 1.165) is 0 Å². The third-order valence-corrected chi connectivity index (χ3v) is 2.78. The molecule has 5 N–H and O–H groups in total. The fraction of sp³-hybridized carbons (Fsp3) is 0.133. The summed E-state index contributed by atoms with van der Waals surface area (Å²) < 4.78 is 5.02. The van der Waals surface area contributed by atoms with E-state index in [1.54, 1.807) is 38.6 Å². The Morgan fingerprint density at radius 3 is 2.62 bits per heavy atom. The van der Waals surface area contributed by atoms with Crippen molar-refractivity contribution >= 4 is 23.2 Å². The van der Waals surface area contributed by atoms with Crippen molar-refractivity contribution in [1.29, 1.82) is 0 Å². The van der Waals surface area contributed by atoms with Gasteiger partial charge in [0.05, 0.1) is 24.6 Å². The Morgan fingerprint density at radius 1 is 1.21 bits per heavy atom. The fourth-order valence-electron chi connectivity index (χ4n) is 1.80. The van der Waals surface area contributed by atoms with Crippen molar-refractivity contribution < 1.29 is 4.74 Å². The predicted octanol–water partition coefficient (Wildman–Crippen LogP) is 1.18. The maximum absolute atomic E-state index is 6.01. The molecule has 0 aliphatic heterocycles. The van der Waals surface area contributed by atoms with Crippen molar-refractivity contribution in [3.8, 4) is 5.88 Å². The van der Waals surface area contributed by atoms with E-state index in [0.29, 0.717) is 28.8 Å². The standard InChI is InChI=1S/C15H18N8O/c1-9(16)21-10(2)22-14(17)12-7-18-8-20-15(12)23-11-4-5-13(24-3)19-6-11/h4-8H,1,16H2,2-3H3,(H2,17,21,22)(H,18,20,23). The average molecular weight is 326 g/mol. The number of amidine groups is 2. The number of hydrogen-bond acceptors (Lipinski definition) is 7. The van der Waals surface area contributed by atoms with Gasteiger partial charge in [-0.15, -0.1) is 0 Å². The molecule has 0 radical (unpaired) electrons. The van der Waals surface area contributed by atoms with Crippen LogP contribution < -0.4 is 21.5 Å². The van der Waals surface area contributed by atoms with Crippen LogP contribution in [0.5, 0.6) is 5.88 Å². The van der Waals surface area contributed by atoms with Crippen LogP contribution in [0.3, 0.4) is 0 Å². The number of anilines is 2. The van der Waals surface area contributed by atoms with Gasteiger partial charge < -0.3 is 21.5 Å². The highest BCUT2D eigenvalue weighted by molar-refractivity contribution is 6.07. The molecular weight excluding hydrogens is 308 g/mol. The van der Waals surface area contributed by atoms with E-state index in [1.165, 1.54) is 6.33 Å². The molecule has 0 aliphatic rings. The van der Waals surface area contributed by atoms with Crippen molar-refractivity contribution in [2.24, 2.45) is 21.5 Å². The molecule has 0 aliphatic carbocycles. The summed E-state index contributed by atoms with van der Waals surface area (Å²) in [5.74, 6) is 1.72. The van der Waals surface area contributed by atoms with Gasteiger partial charge in [-0.2, -0.15) is 0 Å². The third-order valence-electron chi connectivity index (χ3n) is 2.78. The molecule has 0 atom stereocenters. The lowest BCUT2D eigenvalue weighted by Crippen LogP contribution is -2.18. The minimum atomic E-state index is 0.149. The minimum Gasteiger partial charge on any atom is -0.481 e. The highest BCUT2D eigenvalue weighted by atomic mass is 16.5. The molecule has 0 unspecified atom stereocenters. The molecule has 0 fully saturated rings. The van der Waals surface area contributed by atoms with Crippen LogP contribution in [0.25, 0.3) is 0 Å². The molecule has 0 spiro atoms. The maximum atomic E-state index is 6.01. The molecule has 0 saturated heterocycles. The van der Waals surface area contributed by atoms with Crippen LogP contribution in [0.4, 0.5) is 11.5 Å². The number of aliphatic imine (C=N–C) groups is 2. The Hall–Kier alpha value is -3.49. The Balaban J connectivity index is 2.29. The summed E-state index contributed by atoms with van der Waals surface area (Å²) in [6.07, 6.45) is 4.57. The normalized spacial score (nSPS) is 11.9. The van der Waals surface area contributed by atoms with Crippen molar-refractivity contribution in [2.45, 2.75) is 6.92 Å². The van der Waals surface area contributed by atoms with Crippen LogP contribution in [-0.2, 0) is 0 Å². The van der Waals surface area contributed by atoms with Gasteiger partial charge in [0.25, 0.3) is 0 Å². The summed E-state index contributed by atoms with van der Waals surface area (Å²) in [6.45, 7) is 5.15. The van der Waals surface area contributed by atoms with Crippen LogP contribution in [0.1, 0.15) is 12.5 Å². The first-order valence-corrected chi connectivity index (χ1v) is 6.91. The number of methoxy groups -OCH3 is 1. The van der Waals surface area contributed by atoms with E-state index in [1.807, 2.05) is 0 Å². The van der Waals surface area contributed by atoms with Gasteiger partial charge >= 0.3 is 0 Å². The highest BCUT2D eigenvalue weighted by Gasteiger charge is 2.09. The molecule has 9 nitrogen and oxygen atoms in total. The lowest BCUT2D eigenvalue weighted by molar-refractivity contribution is 0.398. The second-order valence-corrected chi connectivity index (χ2v) is 4.65. The molecular formula is C15H18N8O. The quantitative estimate of drug-likeness (QED) is 0.554. The van der Waals surface area contributed by atoms with E-state index < -0.39 is 0 Å². The van der Waals surface area contributed by atoms with Crippen LogP contribution >= 0.6 is 0 Å². The second-order valence-electron chi connectivity index (χ2n) is 4.65. The van der Waals surface area contributed by atoms with Gasteiger partial charge in [-0.3, -0.25) is 0 Å². The van der Waals surface area contributed by atoms with Gasteiger partial charge in [0.2, 0.25) is 5.88 Å². The molecule has 2 aromatic rings. The molecule has 0 aromatic carbocycles. The lowest BCUT2D eigenvalue weighted by Gasteiger charge is -2.10. The first-order valence-electron chi connectivity index (χ1n) is 6.91. The maximum Gasteiger partial charge on any atom is 0.213 e. The van der Waals surface area contributed by atoms with E-state index in [4.69, 9.17) is 16.2 Å². The molecule has 0 bridgehead atoms. The van der Waals surface area contributed by atoms with Crippen LogP contribution in [0, 0.1) is 0 Å². The monoisotopic (exact) mass is 326 g/mol. The summed E-state index contributed by atoms with van der Waals surface area (Å²) >= 11 is 0. The van der Waals surface area contributed by atoms with Crippen molar-refractivity contribution in [2.75, 3.05) is 12.4 Å². The number of pyridine rings is 1. The smallest absolute Gasteiger partial charge is 0.213 e. The number of aromatic nitrogens is 3. The molecule has 2 heterocycles. The minimum absolute atomic E-state index is 0.149. The Kier molecular flexibility index (Phi) is 5.40. The van der Waals surface area contributed by atoms with E-state index in [-0.39, 0.29) is 11.7 Å². The van der Waals surface area contributed by atoms with Crippen molar-refractivity contribution in [3.05, 3.63) is 48.8 Å². The first-order chi connectivity index (χ1) is 11.5. The van der Waals surface area contributed by atoms with Crippen molar-refractivity contribution in [1.82, 2.24) is 15.0 Å². The number of nitrogens with one attached hydrogen (secondary N) is 1. The lowest BCUT2D eigenvalue weighted by atomic mass is 10.2. The topological polar surface area (TPSA) is 137 Å². The van der Waals surface area contributed by atoms with Gasteiger partial charge in [-0.05, 0) is 13.0 Å². The third kappa shape index (κ3) is 4.50. The number of rotatable bonds is 5. The number of nitrogens with zero attached hydrogens (tertiary/aromatic N) is 5. The molecule has 24 heavy (non-hydrogen) atoms. The Labute approximate surface area is 139 Å². The average Bonchev–Trinajstić information content (AvgIpc) is 2.55. The Bertz CT molecular complexity index is 782. The summed E-state index contributed by atoms with van der Waals surface area (Å²) in [5, 5.41) is 3.11. The fourth-order valence-corrected chi connectivity index (χ4v) is 1.80. The zero-order chi connectivity index (χ0) is 17.5. The van der Waals surface area contributed by atoms with Gasteiger partial charge in [-0.25, -0.2) is 24.9 Å². The van der Waals surface area contributed by atoms with Gasteiger partial charge in [0.1, 0.15) is 29.6 Å². The predicted molar refractivity (Wildman–Crippen MR) is 93.3 cm³/mol. The summed E-state index contributed by atoms with van der Waals surface area (Å²) in [6, 6.07) is 3.53. The van der Waals surface area contributed by atoms with Gasteiger partial charge in [-0.1, -0.05) is 6.58 Å². The van der Waals surface area contributed by atoms with Gasteiger partial charge in [0, 0.05) is 12.3 Å². The molecule has 2 aromatic heterocycles. The number of nitrogens with two attached hydrogens (primary N) is 2. The van der Waals surface area contributed by atoms with E-state index in [2.05, 4.69) is 36.8 Å².